The molecule has 0 aromatic carbocycles. The van der Waals surface area contributed by atoms with Crippen molar-refractivity contribution in [2.75, 3.05) is 20.1 Å². The number of pyridine rings is 1. The standard InChI is InChI=1S/C16H22FN5O/c1-19-15(22-8-4-2-3-5-9-22)14(10-18)21-16(23)13-7-6-12(17)11-20-13/h6-7,10-11,14,18H,2-5,8-9H2,1H3,(H,21,23). The second kappa shape index (κ2) is 8.36. The number of halogens is 1. The van der Waals surface area contributed by atoms with Crippen molar-refractivity contribution in [1.82, 2.24) is 15.2 Å². The van der Waals surface area contributed by atoms with Gasteiger partial charge in [-0.15, -0.1) is 0 Å². The van der Waals surface area contributed by atoms with Gasteiger partial charge in [-0.2, -0.15) is 0 Å². The summed E-state index contributed by atoms with van der Waals surface area (Å²) in [6, 6.07) is 1.89. The van der Waals surface area contributed by atoms with Crippen LogP contribution in [0.3, 0.4) is 0 Å². The van der Waals surface area contributed by atoms with Crippen LogP contribution in [0.4, 0.5) is 4.39 Å². The number of carbonyl (C=O) groups is 1. The zero-order valence-corrected chi connectivity index (χ0v) is 13.3. The minimum Gasteiger partial charge on any atom is -0.358 e. The highest BCUT2D eigenvalue weighted by molar-refractivity contribution is 6.05. The molecular weight excluding hydrogens is 297 g/mol. The fourth-order valence-corrected chi connectivity index (χ4v) is 2.68. The number of amidine groups is 1. The molecular formula is C16H22FN5O. The summed E-state index contributed by atoms with van der Waals surface area (Å²) in [6.07, 6.45) is 6.70. The maximum absolute atomic E-state index is 12.9. The molecule has 23 heavy (non-hydrogen) atoms. The first kappa shape index (κ1) is 17.1. The molecule has 1 aliphatic rings. The van der Waals surface area contributed by atoms with E-state index in [1.54, 1.807) is 7.05 Å². The van der Waals surface area contributed by atoms with Crippen molar-refractivity contribution in [2.45, 2.75) is 31.7 Å². The smallest absolute Gasteiger partial charge is 0.270 e. The van der Waals surface area contributed by atoms with E-state index in [0.717, 1.165) is 38.3 Å². The Kier molecular flexibility index (Phi) is 6.19. The molecule has 124 valence electrons. The van der Waals surface area contributed by atoms with E-state index in [2.05, 4.69) is 20.2 Å². The fraction of sp³-hybridized carbons (Fsp3) is 0.500. The third-order valence-corrected chi connectivity index (χ3v) is 3.85. The molecule has 1 atom stereocenters. The van der Waals surface area contributed by atoms with Crippen molar-refractivity contribution in [2.24, 2.45) is 4.99 Å². The minimum atomic E-state index is -0.613. The second-order valence-corrected chi connectivity index (χ2v) is 5.46. The van der Waals surface area contributed by atoms with E-state index in [-0.39, 0.29) is 5.69 Å². The summed E-state index contributed by atoms with van der Waals surface area (Å²) < 4.78 is 12.9. The SMILES string of the molecule is CN=C(C(C=N)NC(=O)c1ccc(F)cn1)N1CCCCCC1. The quantitative estimate of drug-likeness (QED) is 0.656. The highest BCUT2D eigenvalue weighted by Crippen LogP contribution is 2.11. The number of hydrogen-bond donors (Lipinski definition) is 2. The van der Waals surface area contributed by atoms with Crippen molar-refractivity contribution in [3.8, 4) is 0 Å². The molecule has 1 saturated heterocycles. The van der Waals surface area contributed by atoms with E-state index in [0.29, 0.717) is 5.84 Å². The van der Waals surface area contributed by atoms with E-state index < -0.39 is 17.8 Å². The van der Waals surface area contributed by atoms with Crippen LogP contribution in [-0.2, 0) is 0 Å². The average Bonchev–Trinajstić information content (AvgIpc) is 2.84. The molecule has 1 fully saturated rings. The van der Waals surface area contributed by atoms with Gasteiger partial charge in [0, 0.05) is 26.4 Å². The molecule has 1 aliphatic heterocycles. The van der Waals surface area contributed by atoms with Crippen LogP contribution in [0.5, 0.6) is 0 Å². The molecule has 7 heteroatoms. The Morgan fingerprint density at radius 3 is 2.61 bits per heavy atom. The van der Waals surface area contributed by atoms with Gasteiger partial charge in [-0.1, -0.05) is 12.8 Å². The van der Waals surface area contributed by atoms with Gasteiger partial charge in [-0.05, 0) is 25.0 Å². The van der Waals surface area contributed by atoms with Crippen LogP contribution in [0.1, 0.15) is 36.2 Å². The number of hydrogen-bond acceptors (Lipinski definition) is 4. The minimum absolute atomic E-state index is 0.115. The van der Waals surface area contributed by atoms with Crippen molar-refractivity contribution in [3.63, 3.8) is 0 Å². The van der Waals surface area contributed by atoms with Gasteiger partial charge in [0.1, 0.15) is 23.4 Å². The van der Waals surface area contributed by atoms with Gasteiger partial charge in [0.05, 0.1) is 6.20 Å². The number of nitrogens with one attached hydrogen (secondary N) is 2. The summed E-state index contributed by atoms with van der Waals surface area (Å²) in [5, 5.41) is 10.4. The van der Waals surface area contributed by atoms with Crippen LogP contribution in [0.25, 0.3) is 0 Å². The Morgan fingerprint density at radius 1 is 1.39 bits per heavy atom. The molecule has 1 amide bonds. The predicted molar refractivity (Wildman–Crippen MR) is 87.6 cm³/mol. The average molecular weight is 319 g/mol. The highest BCUT2D eigenvalue weighted by atomic mass is 19.1. The third kappa shape index (κ3) is 4.58. The summed E-state index contributed by atoms with van der Waals surface area (Å²) in [5.74, 6) is -0.266. The van der Waals surface area contributed by atoms with E-state index in [1.807, 2.05) is 0 Å². The summed E-state index contributed by atoms with van der Waals surface area (Å²) in [7, 11) is 1.67. The second-order valence-electron chi connectivity index (χ2n) is 5.46. The largest absolute Gasteiger partial charge is 0.358 e. The summed E-state index contributed by atoms with van der Waals surface area (Å²) in [5.41, 5.74) is 0.115. The molecule has 2 N–H and O–H groups in total. The highest BCUT2D eigenvalue weighted by Gasteiger charge is 2.23. The first-order valence-electron chi connectivity index (χ1n) is 7.80. The zero-order valence-electron chi connectivity index (χ0n) is 13.3. The molecule has 1 aromatic rings. The molecule has 1 aromatic heterocycles. The Bertz CT molecular complexity index is 564. The van der Waals surface area contributed by atoms with Gasteiger partial charge in [-0.25, -0.2) is 9.37 Å². The Morgan fingerprint density at radius 2 is 2.09 bits per heavy atom. The van der Waals surface area contributed by atoms with Gasteiger partial charge >= 0.3 is 0 Å². The number of carbonyl (C=O) groups excluding carboxylic acids is 1. The number of rotatable bonds is 4. The monoisotopic (exact) mass is 319 g/mol. The number of aromatic nitrogens is 1. The van der Waals surface area contributed by atoms with E-state index in [9.17, 15) is 9.18 Å². The summed E-state index contributed by atoms with van der Waals surface area (Å²) in [6.45, 7) is 1.75. The Balaban J connectivity index is 2.09. The van der Waals surface area contributed by atoms with Crippen molar-refractivity contribution in [1.29, 1.82) is 5.41 Å². The number of nitrogens with zero attached hydrogens (tertiary/aromatic N) is 3. The number of aliphatic imine (C=N–C) groups is 1. The lowest BCUT2D eigenvalue weighted by atomic mass is 10.2. The molecule has 0 spiro atoms. The molecule has 0 saturated carbocycles. The van der Waals surface area contributed by atoms with Gasteiger partial charge in [0.2, 0.25) is 0 Å². The maximum Gasteiger partial charge on any atom is 0.270 e. The zero-order chi connectivity index (χ0) is 16.7. The number of likely N-dealkylation sites (tertiary alicyclic amines) is 1. The molecule has 0 radical (unpaired) electrons. The van der Waals surface area contributed by atoms with Gasteiger partial charge in [0.25, 0.3) is 5.91 Å². The molecule has 0 bridgehead atoms. The van der Waals surface area contributed by atoms with E-state index in [4.69, 9.17) is 5.41 Å². The summed E-state index contributed by atoms with van der Waals surface area (Å²) in [4.78, 5) is 22.4. The van der Waals surface area contributed by atoms with E-state index in [1.165, 1.54) is 25.0 Å². The van der Waals surface area contributed by atoms with Crippen LogP contribution in [0.15, 0.2) is 23.3 Å². The lowest BCUT2D eigenvalue weighted by molar-refractivity contribution is 0.0948. The molecule has 2 rings (SSSR count). The normalized spacial score (nSPS) is 17.3. The van der Waals surface area contributed by atoms with Crippen molar-refractivity contribution >= 4 is 18.0 Å². The van der Waals surface area contributed by atoms with Crippen LogP contribution < -0.4 is 5.32 Å². The van der Waals surface area contributed by atoms with Gasteiger partial charge < -0.3 is 15.6 Å². The predicted octanol–water partition coefficient (Wildman–Crippen LogP) is 1.87. The lowest BCUT2D eigenvalue weighted by Gasteiger charge is -2.28. The van der Waals surface area contributed by atoms with Gasteiger partial charge in [0.15, 0.2) is 0 Å². The third-order valence-electron chi connectivity index (χ3n) is 3.85. The maximum atomic E-state index is 12.9. The topological polar surface area (TPSA) is 81.4 Å². The Hall–Kier alpha value is -2.31. The van der Waals surface area contributed by atoms with Crippen LogP contribution in [0.2, 0.25) is 0 Å². The van der Waals surface area contributed by atoms with Crippen LogP contribution in [0, 0.1) is 11.2 Å². The van der Waals surface area contributed by atoms with Gasteiger partial charge in [-0.3, -0.25) is 9.79 Å². The molecule has 6 nitrogen and oxygen atoms in total. The molecule has 0 aliphatic carbocycles. The van der Waals surface area contributed by atoms with E-state index >= 15 is 0 Å². The van der Waals surface area contributed by atoms with Crippen molar-refractivity contribution < 1.29 is 9.18 Å². The number of amides is 1. The summed E-state index contributed by atoms with van der Waals surface area (Å²) >= 11 is 0. The van der Waals surface area contributed by atoms with Crippen LogP contribution in [-0.4, -0.2) is 54.0 Å². The fourth-order valence-electron chi connectivity index (χ4n) is 2.68. The first-order chi connectivity index (χ1) is 11.2. The van der Waals surface area contributed by atoms with Crippen molar-refractivity contribution in [3.05, 3.63) is 29.8 Å². The molecule has 2 heterocycles. The Labute approximate surface area is 135 Å². The van der Waals surface area contributed by atoms with Crippen LogP contribution >= 0.6 is 0 Å². The molecule has 1 unspecified atom stereocenters. The first-order valence-corrected chi connectivity index (χ1v) is 7.80. The lowest BCUT2D eigenvalue weighted by Crippen LogP contribution is -2.50.